The highest BCUT2D eigenvalue weighted by molar-refractivity contribution is 8.03. The van der Waals surface area contributed by atoms with Crippen LogP contribution in [0, 0.1) is 0 Å². The fourth-order valence-electron chi connectivity index (χ4n) is 1.66. The Balaban J connectivity index is 1.76. The van der Waals surface area contributed by atoms with E-state index in [-0.39, 0.29) is 0 Å². The molecule has 0 fully saturated rings. The Morgan fingerprint density at radius 2 is 1.05 bits per heavy atom. The van der Waals surface area contributed by atoms with E-state index >= 15 is 0 Å². The van der Waals surface area contributed by atoms with Crippen molar-refractivity contribution < 1.29 is 0 Å². The van der Waals surface area contributed by atoms with E-state index in [2.05, 4.69) is 69.0 Å². The summed E-state index contributed by atoms with van der Waals surface area (Å²) < 4.78 is 0. The van der Waals surface area contributed by atoms with Gasteiger partial charge in [0, 0.05) is 21.3 Å². The standard InChI is InChI=1S/C16H12N2S4/c19-11-17-13-1-5-15(6-2-13)21-9-10-22-16-7-3-14(4-8-16)18-12-20/h1-8H,9-10H2. The van der Waals surface area contributed by atoms with E-state index in [9.17, 15) is 0 Å². The lowest BCUT2D eigenvalue weighted by molar-refractivity contribution is 1.39. The number of nitrogens with zero attached hydrogens (tertiary/aromatic N) is 2. The summed E-state index contributed by atoms with van der Waals surface area (Å²) in [6.45, 7) is 0. The van der Waals surface area contributed by atoms with Crippen molar-refractivity contribution in [1.29, 1.82) is 0 Å². The molecule has 0 radical (unpaired) electrons. The van der Waals surface area contributed by atoms with Gasteiger partial charge in [0.05, 0.1) is 21.7 Å². The molecule has 0 bridgehead atoms. The molecule has 2 rings (SSSR count). The van der Waals surface area contributed by atoms with Crippen molar-refractivity contribution in [3.8, 4) is 0 Å². The van der Waals surface area contributed by atoms with Gasteiger partial charge in [0.2, 0.25) is 0 Å². The highest BCUT2D eigenvalue weighted by Crippen LogP contribution is 2.25. The summed E-state index contributed by atoms with van der Waals surface area (Å²) in [5.74, 6) is 2.08. The SMILES string of the molecule is S=C=Nc1ccc(SCCSc2ccc(N=C=S)cc2)cc1. The molecular formula is C16H12N2S4. The number of hydrogen-bond acceptors (Lipinski definition) is 6. The molecule has 2 nitrogen and oxygen atoms in total. The first-order chi connectivity index (χ1) is 10.8. The van der Waals surface area contributed by atoms with Crippen molar-refractivity contribution in [2.24, 2.45) is 9.98 Å². The summed E-state index contributed by atoms with van der Waals surface area (Å²) in [6.07, 6.45) is 0. The highest BCUT2D eigenvalue weighted by atomic mass is 32.2. The Bertz CT molecular complexity index is 634. The van der Waals surface area contributed by atoms with E-state index in [0.717, 1.165) is 22.9 Å². The molecule has 0 saturated heterocycles. The van der Waals surface area contributed by atoms with Crippen molar-refractivity contribution in [2.45, 2.75) is 9.79 Å². The summed E-state index contributed by atoms with van der Waals surface area (Å²) in [4.78, 5) is 10.3. The summed E-state index contributed by atoms with van der Waals surface area (Å²) in [5.41, 5.74) is 1.68. The molecule has 0 aliphatic carbocycles. The second-order valence-corrected chi connectivity index (χ2v) is 6.79. The van der Waals surface area contributed by atoms with Gasteiger partial charge in [-0.2, -0.15) is 9.98 Å². The lowest BCUT2D eigenvalue weighted by atomic mass is 10.3. The van der Waals surface area contributed by atoms with Gasteiger partial charge >= 0.3 is 0 Å². The zero-order valence-corrected chi connectivity index (χ0v) is 14.8. The van der Waals surface area contributed by atoms with Crippen LogP contribution in [0.5, 0.6) is 0 Å². The van der Waals surface area contributed by atoms with Crippen LogP contribution in [0.3, 0.4) is 0 Å². The number of hydrogen-bond donors (Lipinski definition) is 0. The molecule has 0 saturated carbocycles. The number of aliphatic imine (C=N–C) groups is 2. The second kappa shape index (κ2) is 9.70. The average molecular weight is 361 g/mol. The van der Waals surface area contributed by atoms with Crippen molar-refractivity contribution in [3.05, 3.63) is 48.5 Å². The van der Waals surface area contributed by atoms with Crippen LogP contribution in [0.2, 0.25) is 0 Å². The smallest absolute Gasteiger partial charge is 0.0740 e. The minimum atomic E-state index is 0.841. The molecule has 0 amide bonds. The maximum atomic E-state index is 4.58. The van der Waals surface area contributed by atoms with Crippen LogP contribution in [-0.2, 0) is 0 Å². The summed E-state index contributed by atoms with van der Waals surface area (Å²) >= 11 is 12.8. The van der Waals surface area contributed by atoms with E-state index in [1.165, 1.54) is 9.79 Å². The molecule has 110 valence electrons. The molecule has 2 aromatic carbocycles. The average Bonchev–Trinajstić information content (AvgIpc) is 2.55. The molecule has 0 aliphatic heterocycles. The van der Waals surface area contributed by atoms with Crippen LogP contribution >= 0.6 is 48.0 Å². The van der Waals surface area contributed by atoms with E-state index in [4.69, 9.17) is 0 Å². The zero-order chi connectivity index (χ0) is 15.6. The minimum Gasteiger partial charge on any atom is -0.195 e. The quantitative estimate of drug-likeness (QED) is 0.260. The largest absolute Gasteiger partial charge is 0.195 e. The monoisotopic (exact) mass is 360 g/mol. The first kappa shape index (κ1) is 17.1. The van der Waals surface area contributed by atoms with Gasteiger partial charge in [0.15, 0.2) is 0 Å². The fraction of sp³-hybridized carbons (Fsp3) is 0.125. The van der Waals surface area contributed by atoms with Gasteiger partial charge in [-0.15, -0.1) is 23.5 Å². The number of benzene rings is 2. The topological polar surface area (TPSA) is 24.7 Å². The van der Waals surface area contributed by atoms with E-state index in [1.54, 1.807) is 0 Å². The van der Waals surface area contributed by atoms with Gasteiger partial charge in [0.25, 0.3) is 0 Å². The third-order valence-electron chi connectivity index (χ3n) is 2.64. The Labute approximate surface area is 149 Å². The van der Waals surface area contributed by atoms with Crippen molar-refractivity contribution in [1.82, 2.24) is 0 Å². The molecule has 2 aromatic rings. The predicted octanol–water partition coefficient (Wildman–Crippen LogP) is 6.04. The number of isothiocyanates is 2. The van der Waals surface area contributed by atoms with Crippen molar-refractivity contribution in [3.63, 3.8) is 0 Å². The molecule has 0 atom stereocenters. The molecule has 0 unspecified atom stereocenters. The third-order valence-corrected chi connectivity index (χ3v) is 5.11. The van der Waals surface area contributed by atoms with Crippen LogP contribution in [0.4, 0.5) is 11.4 Å². The number of rotatable bonds is 7. The lowest BCUT2D eigenvalue weighted by Crippen LogP contribution is -1.84. The van der Waals surface area contributed by atoms with E-state index < -0.39 is 0 Å². The molecule has 0 aliphatic rings. The molecule has 0 N–H and O–H groups in total. The van der Waals surface area contributed by atoms with E-state index in [1.807, 2.05) is 47.8 Å². The Morgan fingerprint density at radius 3 is 1.36 bits per heavy atom. The van der Waals surface area contributed by atoms with Gasteiger partial charge in [-0.3, -0.25) is 0 Å². The second-order valence-electron chi connectivity index (χ2n) is 4.09. The molecule has 22 heavy (non-hydrogen) atoms. The molecule has 0 heterocycles. The van der Waals surface area contributed by atoms with Crippen LogP contribution < -0.4 is 0 Å². The maximum Gasteiger partial charge on any atom is 0.0740 e. The van der Waals surface area contributed by atoms with E-state index in [0.29, 0.717) is 0 Å². The van der Waals surface area contributed by atoms with Gasteiger partial charge < -0.3 is 0 Å². The fourth-order valence-corrected chi connectivity index (χ4v) is 3.66. The third kappa shape index (κ3) is 5.85. The number of thiocarbonyl (C=S) groups is 2. The molecule has 6 heteroatoms. The Morgan fingerprint density at radius 1 is 0.682 bits per heavy atom. The van der Waals surface area contributed by atoms with Crippen LogP contribution in [0.1, 0.15) is 0 Å². The van der Waals surface area contributed by atoms with Gasteiger partial charge in [0.1, 0.15) is 0 Å². The number of thioether (sulfide) groups is 2. The highest BCUT2D eigenvalue weighted by Gasteiger charge is 1.98. The molecule has 0 spiro atoms. The van der Waals surface area contributed by atoms with Gasteiger partial charge in [-0.05, 0) is 73.0 Å². The van der Waals surface area contributed by atoms with Crippen LogP contribution in [0.15, 0.2) is 68.3 Å². The van der Waals surface area contributed by atoms with Gasteiger partial charge in [-0.25, -0.2) is 0 Å². The minimum absolute atomic E-state index is 0.841. The van der Waals surface area contributed by atoms with Gasteiger partial charge in [-0.1, -0.05) is 0 Å². The van der Waals surface area contributed by atoms with Crippen LogP contribution in [-0.4, -0.2) is 21.8 Å². The summed E-state index contributed by atoms with van der Waals surface area (Å²) in [5, 5.41) is 4.74. The van der Waals surface area contributed by atoms with Crippen LogP contribution in [0.25, 0.3) is 0 Å². The summed E-state index contributed by atoms with van der Waals surface area (Å²) in [7, 11) is 0. The first-order valence-corrected chi connectivity index (χ1v) is 9.22. The predicted molar refractivity (Wildman–Crippen MR) is 104 cm³/mol. The normalized spacial score (nSPS) is 9.64. The molecular weight excluding hydrogens is 348 g/mol. The zero-order valence-electron chi connectivity index (χ0n) is 11.6. The first-order valence-electron chi connectivity index (χ1n) is 6.43. The summed E-state index contributed by atoms with van der Waals surface area (Å²) in [6, 6.07) is 16.0. The Hall–Kier alpha value is -1.26. The van der Waals surface area contributed by atoms with Crippen molar-refractivity contribution >= 4 is 69.7 Å². The van der Waals surface area contributed by atoms with Crippen molar-refractivity contribution in [2.75, 3.05) is 11.5 Å². The molecule has 0 aromatic heterocycles. The lowest BCUT2D eigenvalue weighted by Gasteiger charge is -2.03. The maximum absolute atomic E-state index is 4.58. The Kier molecular flexibility index (Phi) is 7.54.